The second-order valence-electron chi connectivity index (χ2n) is 5.65. The molecule has 0 radical (unpaired) electrons. The first-order valence-electron chi connectivity index (χ1n) is 6.76. The summed E-state index contributed by atoms with van der Waals surface area (Å²) < 4.78 is 13.3. The summed E-state index contributed by atoms with van der Waals surface area (Å²) in [5.74, 6) is -0.632. The van der Waals surface area contributed by atoms with E-state index in [1.807, 2.05) is 0 Å². The maximum Gasteiger partial charge on any atom is 0.338 e. The largest absolute Gasteiger partial charge is 0.478 e. The van der Waals surface area contributed by atoms with Crippen LogP contribution in [0.5, 0.6) is 0 Å². The molecular weight excluding hydrogens is 245 g/mol. The van der Waals surface area contributed by atoms with Crippen LogP contribution >= 0.6 is 0 Å². The van der Waals surface area contributed by atoms with Crippen LogP contribution in [0.1, 0.15) is 43.5 Å². The fourth-order valence-electron chi connectivity index (χ4n) is 2.87. The average Bonchev–Trinajstić information content (AvgIpc) is 2.34. The zero-order valence-electron chi connectivity index (χ0n) is 11.3. The van der Waals surface area contributed by atoms with Crippen LogP contribution in [0.15, 0.2) is 18.2 Å². The van der Waals surface area contributed by atoms with E-state index in [1.165, 1.54) is 25.0 Å². The second-order valence-corrected chi connectivity index (χ2v) is 5.65. The lowest BCUT2D eigenvalue weighted by Crippen LogP contribution is -2.33. The Morgan fingerprint density at radius 1 is 1.37 bits per heavy atom. The number of carbonyl (C=O) groups is 1. The highest BCUT2D eigenvalue weighted by atomic mass is 19.1. The van der Waals surface area contributed by atoms with Crippen LogP contribution in [0.3, 0.4) is 0 Å². The van der Waals surface area contributed by atoms with Gasteiger partial charge in [0.25, 0.3) is 0 Å². The lowest BCUT2D eigenvalue weighted by molar-refractivity contribution is 0.0692. The van der Waals surface area contributed by atoms with Gasteiger partial charge in [0.1, 0.15) is 5.82 Å². The predicted molar refractivity (Wildman–Crippen MR) is 72.9 cm³/mol. The van der Waals surface area contributed by atoms with Crippen molar-refractivity contribution in [3.05, 3.63) is 29.6 Å². The quantitative estimate of drug-likeness (QED) is 0.874. The van der Waals surface area contributed by atoms with Crippen molar-refractivity contribution < 1.29 is 14.3 Å². The topological polar surface area (TPSA) is 49.3 Å². The molecule has 0 amide bonds. The molecule has 2 rings (SSSR count). The SMILES string of the molecule is CC1CCC(Nc2ccc(F)c(C(=O)O)c2)C(C)C1. The van der Waals surface area contributed by atoms with E-state index < -0.39 is 11.8 Å². The van der Waals surface area contributed by atoms with Gasteiger partial charge in [-0.1, -0.05) is 13.8 Å². The third-order valence-corrected chi connectivity index (χ3v) is 3.98. The molecule has 2 N–H and O–H groups in total. The maximum atomic E-state index is 13.3. The molecule has 0 bridgehead atoms. The lowest BCUT2D eigenvalue weighted by atomic mass is 9.80. The smallest absolute Gasteiger partial charge is 0.338 e. The number of anilines is 1. The summed E-state index contributed by atoms with van der Waals surface area (Å²) in [7, 11) is 0. The molecule has 0 aromatic heterocycles. The highest BCUT2D eigenvalue weighted by molar-refractivity contribution is 5.89. The normalized spacial score (nSPS) is 27.0. The van der Waals surface area contributed by atoms with Crippen LogP contribution in [0.4, 0.5) is 10.1 Å². The average molecular weight is 265 g/mol. The van der Waals surface area contributed by atoms with E-state index in [0.717, 1.165) is 12.3 Å². The zero-order chi connectivity index (χ0) is 14.0. The molecule has 3 unspecified atom stereocenters. The summed E-state index contributed by atoms with van der Waals surface area (Å²) in [6.07, 6.45) is 3.42. The van der Waals surface area contributed by atoms with E-state index in [0.29, 0.717) is 17.6 Å². The minimum Gasteiger partial charge on any atom is -0.478 e. The summed E-state index contributed by atoms with van der Waals surface area (Å²) in [6, 6.07) is 4.53. The van der Waals surface area contributed by atoms with Crippen LogP contribution in [0.2, 0.25) is 0 Å². The molecule has 1 aromatic rings. The fourth-order valence-corrected chi connectivity index (χ4v) is 2.87. The molecular formula is C15H20FNO2. The van der Waals surface area contributed by atoms with Crippen LogP contribution in [-0.4, -0.2) is 17.1 Å². The van der Waals surface area contributed by atoms with Crippen molar-refractivity contribution in [2.75, 3.05) is 5.32 Å². The van der Waals surface area contributed by atoms with E-state index in [2.05, 4.69) is 19.2 Å². The third-order valence-electron chi connectivity index (χ3n) is 3.98. The third kappa shape index (κ3) is 3.25. The summed E-state index contributed by atoms with van der Waals surface area (Å²) in [5.41, 5.74) is 0.409. The van der Waals surface area contributed by atoms with Crippen LogP contribution in [0.25, 0.3) is 0 Å². The standard InChI is InChI=1S/C15H20FNO2/c1-9-3-6-14(10(2)7-9)17-11-4-5-13(16)12(8-11)15(18)19/h4-5,8-10,14,17H,3,6-7H2,1-2H3,(H,18,19). The van der Waals surface area contributed by atoms with Gasteiger partial charge in [-0.2, -0.15) is 0 Å². The molecule has 1 saturated carbocycles. The Labute approximate surface area is 112 Å². The highest BCUT2D eigenvalue weighted by Gasteiger charge is 2.25. The highest BCUT2D eigenvalue weighted by Crippen LogP contribution is 2.31. The van der Waals surface area contributed by atoms with Gasteiger partial charge in [-0.15, -0.1) is 0 Å². The van der Waals surface area contributed by atoms with Crippen LogP contribution in [0, 0.1) is 17.7 Å². The van der Waals surface area contributed by atoms with Crippen molar-refractivity contribution in [2.24, 2.45) is 11.8 Å². The summed E-state index contributed by atoms with van der Waals surface area (Å²) >= 11 is 0. The van der Waals surface area contributed by atoms with Crippen molar-refractivity contribution in [3.63, 3.8) is 0 Å². The molecule has 0 spiro atoms. The van der Waals surface area contributed by atoms with Gasteiger partial charge in [0.2, 0.25) is 0 Å². The Bertz CT molecular complexity index is 475. The first-order valence-corrected chi connectivity index (χ1v) is 6.76. The monoisotopic (exact) mass is 265 g/mol. The molecule has 1 fully saturated rings. The first kappa shape index (κ1) is 13.8. The molecule has 0 saturated heterocycles. The number of aromatic carboxylic acids is 1. The van der Waals surface area contributed by atoms with Crippen molar-refractivity contribution in [1.82, 2.24) is 0 Å². The molecule has 1 aliphatic rings. The molecule has 4 heteroatoms. The van der Waals surface area contributed by atoms with E-state index in [9.17, 15) is 9.18 Å². The minimum atomic E-state index is -1.23. The lowest BCUT2D eigenvalue weighted by Gasteiger charge is -2.33. The number of hydrogen-bond acceptors (Lipinski definition) is 2. The molecule has 1 aliphatic carbocycles. The van der Waals surface area contributed by atoms with Gasteiger partial charge in [-0.25, -0.2) is 9.18 Å². The van der Waals surface area contributed by atoms with Crippen molar-refractivity contribution in [1.29, 1.82) is 0 Å². The summed E-state index contributed by atoms with van der Waals surface area (Å²) in [4.78, 5) is 10.9. The Balaban J connectivity index is 2.11. The molecule has 19 heavy (non-hydrogen) atoms. The van der Waals surface area contributed by atoms with Crippen molar-refractivity contribution in [3.8, 4) is 0 Å². The molecule has 1 aromatic carbocycles. The van der Waals surface area contributed by atoms with Gasteiger partial charge < -0.3 is 10.4 Å². The Hall–Kier alpha value is -1.58. The van der Waals surface area contributed by atoms with Gasteiger partial charge in [0.15, 0.2) is 0 Å². The minimum absolute atomic E-state index is 0.276. The number of rotatable bonds is 3. The van der Waals surface area contributed by atoms with Gasteiger partial charge in [0, 0.05) is 11.7 Å². The zero-order valence-corrected chi connectivity index (χ0v) is 11.3. The number of halogens is 1. The fraction of sp³-hybridized carbons (Fsp3) is 0.533. The number of nitrogens with one attached hydrogen (secondary N) is 1. The number of carboxylic acid groups (broad SMARTS) is 1. The van der Waals surface area contributed by atoms with Crippen LogP contribution < -0.4 is 5.32 Å². The predicted octanol–water partition coefficient (Wildman–Crippen LogP) is 3.76. The number of carboxylic acids is 1. The second kappa shape index (κ2) is 5.59. The van der Waals surface area contributed by atoms with E-state index in [1.54, 1.807) is 6.07 Å². The molecule has 3 nitrogen and oxygen atoms in total. The van der Waals surface area contributed by atoms with Gasteiger partial charge in [-0.05, 0) is 49.3 Å². The van der Waals surface area contributed by atoms with Gasteiger partial charge >= 0.3 is 5.97 Å². The van der Waals surface area contributed by atoms with Gasteiger partial charge in [0.05, 0.1) is 5.56 Å². The van der Waals surface area contributed by atoms with Crippen LogP contribution in [-0.2, 0) is 0 Å². The Kier molecular flexibility index (Phi) is 4.08. The van der Waals surface area contributed by atoms with E-state index >= 15 is 0 Å². The van der Waals surface area contributed by atoms with E-state index in [-0.39, 0.29) is 5.56 Å². The van der Waals surface area contributed by atoms with Crippen molar-refractivity contribution >= 4 is 11.7 Å². The van der Waals surface area contributed by atoms with Gasteiger partial charge in [-0.3, -0.25) is 0 Å². The number of hydrogen-bond donors (Lipinski definition) is 2. The molecule has 3 atom stereocenters. The summed E-state index contributed by atoms with van der Waals surface area (Å²) in [6.45, 7) is 4.46. The van der Waals surface area contributed by atoms with E-state index in [4.69, 9.17) is 5.11 Å². The molecule has 104 valence electrons. The maximum absolute atomic E-state index is 13.3. The molecule has 0 heterocycles. The Morgan fingerprint density at radius 3 is 2.74 bits per heavy atom. The Morgan fingerprint density at radius 2 is 2.11 bits per heavy atom. The number of benzene rings is 1. The molecule has 0 aliphatic heterocycles. The summed E-state index contributed by atoms with van der Waals surface area (Å²) in [5, 5.41) is 12.3. The van der Waals surface area contributed by atoms with Crippen molar-refractivity contribution in [2.45, 2.75) is 39.2 Å². The first-order chi connectivity index (χ1) is 8.97.